The van der Waals surface area contributed by atoms with E-state index in [1.54, 1.807) is 19.9 Å². The van der Waals surface area contributed by atoms with Crippen LogP contribution in [0.2, 0.25) is 0 Å². The van der Waals surface area contributed by atoms with Crippen LogP contribution >= 0.6 is 0 Å². The Balaban J connectivity index is 2.39. The number of carboxylic acids is 1. The van der Waals surface area contributed by atoms with Crippen LogP contribution in [0.4, 0.5) is 5.69 Å². The van der Waals surface area contributed by atoms with Gasteiger partial charge in [-0.1, -0.05) is 0 Å². The molecule has 0 unspecified atom stereocenters. The van der Waals surface area contributed by atoms with Gasteiger partial charge in [-0.15, -0.1) is 0 Å². The summed E-state index contributed by atoms with van der Waals surface area (Å²) in [5.74, 6) is -1.06. The zero-order valence-electron chi connectivity index (χ0n) is 11.2. The van der Waals surface area contributed by atoms with Gasteiger partial charge in [0.1, 0.15) is 5.75 Å². The Kier molecular flexibility index (Phi) is 3.79. The summed E-state index contributed by atoms with van der Waals surface area (Å²) < 4.78 is 5.40. The van der Waals surface area contributed by atoms with Crippen LogP contribution in [0.1, 0.15) is 21.6 Å². The number of hydrogen-bond donors (Lipinski definition) is 1. The average molecular weight is 289 g/mol. The second-order valence-electron chi connectivity index (χ2n) is 4.31. The highest BCUT2D eigenvalue weighted by Gasteiger charge is 2.16. The lowest BCUT2D eigenvalue weighted by Gasteiger charge is -2.09. The lowest BCUT2D eigenvalue weighted by atomic mass is 10.1. The first kappa shape index (κ1) is 14.4. The van der Waals surface area contributed by atoms with E-state index in [-0.39, 0.29) is 23.0 Å². The summed E-state index contributed by atoms with van der Waals surface area (Å²) >= 11 is 0. The zero-order chi connectivity index (χ0) is 15.6. The SMILES string of the molecule is Cc1cc(C)c([N+](=O)[O-])cc1Oc1cncc(C(=O)O)n1. The van der Waals surface area contributed by atoms with Gasteiger partial charge in [0, 0.05) is 5.56 Å². The number of rotatable bonds is 4. The monoisotopic (exact) mass is 289 g/mol. The number of benzene rings is 1. The van der Waals surface area contributed by atoms with Gasteiger partial charge in [-0.05, 0) is 25.5 Å². The highest BCUT2D eigenvalue weighted by Crippen LogP contribution is 2.30. The lowest BCUT2D eigenvalue weighted by molar-refractivity contribution is -0.385. The van der Waals surface area contributed by atoms with Crippen molar-refractivity contribution in [1.82, 2.24) is 9.97 Å². The van der Waals surface area contributed by atoms with E-state index < -0.39 is 10.9 Å². The van der Waals surface area contributed by atoms with Crippen LogP contribution in [-0.4, -0.2) is 26.0 Å². The molecule has 0 amide bonds. The fourth-order valence-electron chi connectivity index (χ4n) is 1.74. The smallest absolute Gasteiger partial charge is 0.356 e. The Morgan fingerprint density at radius 3 is 2.62 bits per heavy atom. The highest BCUT2D eigenvalue weighted by atomic mass is 16.6. The maximum Gasteiger partial charge on any atom is 0.356 e. The Bertz CT molecular complexity index is 730. The van der Waals surface area contributed by atoms with Crippen molar-refractivity contribution in [1.29, 1.82) is 0 Å². The molecule has 1 N–H and O–H groups in total. The maximum absolute atomic E-state index is 10.9. The first-order valence-corrected chi connectivity index (χ1v) is 5.87. The van der Waals surface area contributed by atoms with Crippen LogP contribution in [0.5, 0.6) is 11.6 Å². The predicted octanol–water partition coefficient (Wildman–Crippen LogP) is 2.49. The van der Waals surface area contributed by atoms with E-state index >= 15 is 0 Å². The number of aromatic nitrogens is 2. The number of nitro groups is 1. The quantitative estimate of drug-likeness (QED) is 0.678. The van der Waals surface area contributed by atoms with E-state index in [1.807, 2.05) is 0 Å². The van der Waals surface area contributed by atoms with Gasteiger partial charge in [-0.25, -0.2) is 9.78 Å². The second-order valence-corrected chi connectivity index (χ2v) is 4.31. The Labute approximate surface area is 119 Å². The third-order valence-electron chi connectivity index (χ3n) is 2.74. The number of carbonyl (C=O) groups is 1. The van der Waals surface area contributed by atoms with Gasteiger partial charge < -0.3 is 9.84 Å². The van der Waals surface area contributed by atoms with Gasteiger partial charge >= 0.3 is 5.97 Å². The molecule has 1 aromatic heterocycles. The van der Waals surface area contributed by atoms with E-state index in [9.17, 15) is 14.9 Å². The zero-order valence-corrected chi connectivity index (χ0v) is 11.2. The molecule has 0 radical (unpaired) electrons. The van der Waals surface area contributed by atoms with E-state index in [2.05, 4.69) is 9.97 Å². The summed E-state index contributed by atoms with van der Waals surface area (Å²) in [6, 6.07) is 2.89. The van der Waals surface area contributed by atoms with Crippen LogP contribution < -0.4 is 4.74 Å². The molecule has 21 heavy (non-hydrogen) atoms. The molecule has 8 nitrogen and oxygen atoms in total. The fraction of sp³-hybridized carbons (Fsp3) is 0.154. The molecule has 0 aliphatic rings. The number of ether oxygens (including phenoxy) is 1. The number of hydrogen-bond acceptors (Lipinski definition) is 6. The molecular weight excluding hydrogens is 278 g/mol. The molecule has 0 atom stereocenters. The highest BCUT2D eigenvalue weighted by molar-refractivity contribution is 5.84. The molecule has 0 spiro atoms. The average Bonchev–Trinajstić information content (AvgIpc) is 2.41. The fourth-order valence-corrected chi connectivity index (χ4v) is 1.74. The minimum Gasteiger partial charge on any atom is -0.476 e. The molecule has 108 valence electrons. The second kappa shape index (κ2) is 5.53. The van der Waals surface area contributed by atoms with Gasteiger partial charge in [0.25, 0.3) is 5.69 Å². The Morgan fingerprint density at radius 2 is 2.00 bits per heavy atom. The predicted molar refractivity (Wildman–Crippen MR) is 71.6 cm³/mol. The van der Waals surface area contributed by atoms with Crippen molar-refractivity contribution in [3.63, 3.8) is 0 Å². The van der Waals surface area contributed by atoms with Crippen molar-refractivity contribution in [2.45, 2.75) is 13.8 Å². The molecular formula is C13H11N3O5. The largest absolute Gasteiger partial charge is 0.476 e. The molecule has 2 aromatic rings. The van der Waals surface area contributed by atoms with Crippen LogP contribution in [0, 0.1) is 24.0 Å². The minimum absolute atomic E-state index is 0.0452. The van der Waals surface area contributed by atoms with Crippen molar-refractivity contribution in [3.05, 3.63) is 51.5 Å². The number of aryl methyl sites for hydroxylation is 2. The van der Waals surface area contributed by atoms with Crippen molar-refractivity contribution in [3.8, 4) is 11.6 Å². The van der Waals surface area contributed by atoms with E-state index in [0.29, 0.717) is 11.1 Å². The van der Waals surface area contributed by atoms with Gasteiger partial charge in [0.2, 0.25) is 5.88 Å². The van der Waals surface area contributed by atoms with Crippen LogP contribution in [0.25, 0.3) is 0 Å². The topological polar surface area (TPSA) is 115 Å². The molecule has 0 fully saturated rings. The first-order chi connectivity index (χ1) is 9.88. The summed E-state index contributed by atoms with van der Waals surface area (Å²) in [5.41, 5.74) is 0.820. The third kappa shape index (κ3) is 3.11. The van der Waals surface area contributed by atoms with Crippen molar-refractivity contribution in [2.24, 2.45) is 0 Å². The van der Waals surface area contributed by atoms with Gasteiger partial charge in [0.05, 0.1) is 23.4 Å². The van der Waals surface area contributed by atoms with E-state index in [4.69, 9.17) is 9.84 Å². The third-order valence-corrected chi connectivity index (χ3v) is 2.74. The molecule has 0 aliphatic heterocycles. The normalized spacial score (nSPS) is 10.2. The number of aromatic carboxylic acids is 1. The van der Waals surface area contributed by atoms with Crippen molar-refractivity contribution < 1.29 is 19.6 Å². The summed E-state index contributed by atoms with van der Waals surface area (Å²) in [5, 5.41) is 19.8. The number of carboxylic acid groups (broad SMARTS) is 1. The van der Waals surface area contributed by atoms with E-state index in [1.165, 1.54) is 12.3 Å². The van der Waals surface area contributed by atoms with Gasteiger partial charge in [0.15, 0.2) is 5.69 Å². The van der Waals surface area contributed by atoms with Crippen LogP contribution in [0.3, 0.4) is 0 Å². The molecule has 0 saturated heterocycles. The van der Waals surface area contributed by atoms with Crippen molar-refractivity contribution >= 4 is 11.7 Å². The van der Waals surface area contributed by atoms with Gasteiger partial charge in [-0.2, -0.15) is 0 Å². The molecule has 2 rings (SSSR count). The number of nitro benzene ring substituents is 1. The summed E-state index contributed by atoms with van der Waals surface area (Å²) in [6.45, 7) is 3.35. The molecule has 0 bridgehead atoms. The molecule has 0 aliphatic carbocycles. The van der Waals surface area contributed by atoms with Crippen LogP contribution in [-0.2, 0) is 0 Å². The number of nitrogens with zero attached hydrogens (tertiary/aromatic N) is 3. The standard InChI is InChI=1S/C13H11N3O5/c1-7-3-8(2)11(4-10(7)16(19)20)21-12-6-14-5-9(15-12)13(17)18/h3-6H,1-2H3,(H,17,18). The molecule has 1 aromatic carbocycles. The maximum atomic E-state index is 10.9. The molecule has 8 heteroatoms. The molecule has 0 saturated carbocycles. The van der Waals surface area contributed by atoms with Gasteiger partial charge in [-0.3, -0.25) is 15.1 Å². The summed E-state index contributed by atoms with van der Waals surface area (Å²) in [7, 11) is 0. The lowest BCUT2D eigenvalue weighted by Crippen LogP contribution is -2.03. The van der Waals surface area contributed by atoms with E-state index in [0.717, 1.165) is 6.20 Å². The minimum atomic E-state index is -1.24. The molecule has 1 heterocycles. The Morgan fingerprint density at radius 1 is 1.29 bits per heavy atom. The van der Waals surface area contributed by atoms with Crippen molar-refractivity contribution in [2.75, 3.05) is 0 Å². The van der Waals surface area contributed by atoms with Crippen LogP contribution in [0.15, 0.2) is 24.5 Å². The summed E-state index contributed by atoms with van der Waals surface area (Å²) in [6.07, 6.45) is 2.32. The summed E-state index contributed by atoms with van der Waals surface area (Å²) in [4.78, 5) is 28.7. The Hall–Kier alpha value is -3.03. The first-order valence-electron chi connectivity index (χ1n) is 5.87.